The molecule has 1 unspecified atom stereocenters. The fraction of sp³-hybridized carbons (Fsp3) is 0.235. The van der Waals surface area contributed by atoms with E-state index in [-0.39, 0.29) is 24.7 Å². The van der Waals surface area contributed by atoms with E-state index >= 15 is 0 Å². The molecule has 120 valence electrons. The van der Waals surface area contributed by atoms with Gasteiger partial charge in [-0.15, -0.1) is 0 Å². The van der Waals surface area contributed by atoms with Crippen molar-refractivity contribution in [2.45, 2.75) is 19.1 Å². The summed E-state index contributed by atoms with van der Waals surface area (Å²) in [4.78, 5) is 13.6. The second-order valence-electron chi connectivity index (χ2n) is 5.40. The van der Waals surface area contributed by atoms with Gasteiger partial charge in [0.05, 0.1) is 6.61 Å². The smallest absolute Gasteiger partial charge is 0.249 e. The first kappa shape index (κ1) is 15.4. The van der Waals surface area contributed by atoms with Crippen LogP contribution in [0.1, 0.15) is 12.0 Å². The number of aliphatic hydroxyl groups is 1. The topological polar surface area (TPSA) is 52.6 Å². The fourth-order valence-electron chi connectivity index (χ4n) is 2.74. The van der Waals surface area contributed by atoms with Crippen molar-refractivity contribution in [3.8, 4) is 0 Å². The zero-order valence-electron chi connectivity index (χ0n) is 12.3. The van der Waals surface area contributed by atoms with Gasteiger partial charge in [0.15, 0.2) is 0 Å². The molecular weight excluding hydrogens is 302 g/mol. The summed E-state index contributed by atoms with van der Waals surface area (Å²) in [6.45, 7) is 0.148. The van der Waals surface area contributed by atoms with Crippen LogP contribution >= 0.6 is 0 Å². The predicted molar refractivity (Wildman–Crippen MR) is 83.1 cm³/mol. The summed E-state index contributed by atoms with van der Waals surface area (Å²) >= 11 is 0. The van der Waals surface area contributed by atoms with Gasteiger partial charge in [0, 0.05) is 12.2 Å². The lowest BCUT2D eigenvalue weighted by atomic mass is 10.2. The minimum absolute atomic E-state index is 0.0965. The Morgan fingerprint density at radius 3 is 2.57 bits per heavy atom. The first-order valence-corrected chi connectivity index (χ1v) is 7.32. The number of halogens is 2. The number of aliphatic hydroxyl groups excluding tert-OH is 1. The number of hydrogen-bond acceptors (Lipinski definition) is 3. The van der Waals surface area contributed by atoms with Crippen LogP contribution in [0.15, 0.2) is 42.5 Å². The fourth-order valence-corrected chi connectivity index (χ4v) is 2.74. The number of amides is 1. The van der Waals surface area contributed by atoms with Gasteiger partial charge < -0.3 is 15.3 Å². The summed E-state index contributed by atoms with van der Waals surface area (Å²) in [5.41, 5.74) is 1.11. The molecule has 2 N–H and O–H groups in total. The van der Waals surface area contributed by atoms with Crippen LogP contribution in [-0.4, -0.2) is 23.6 Å². The molecule has 3 rings (SSSR count). The molecule has 1 amide bonds. The largest absolute Gasteiger partial charge is 0.392 e. The van der Waals surface area contributed by atoms with E-state index < -0.39 is 17.7 Å². The average Bonchev–Trinajstić information content (AvgIpc) is 2.89. The van der Waals surface area contributed by atoms with Gasteiger partial charge in [-0.25, -0.2) is 8.78 Å². The Kier molecular flexibility index (Phi) is 4.25. The van der Waals surface area contributed by atoms with Crippen LogP contribution in [0.2, 0.25) is 0 Å². The zero-order valence-corrected chi connectivity index (χ0v) is 12.3. The highest BCUT2D eigenvalue weighted by molar-refractivity contribution is 6.01. The van der Waals surface area contributed by atoms with Gasteiger partial charge >= 0.3 is 0 Å². The van der Waals surface area contributed by atoms with Crippen molar-refractivity contribution < 1.29 is 18.7 Å². The number of carbonyl (C=O) groups is 1. The first-order valence-electron chi connectivity index (χ1n) is 7.32. The maximum Gasteiger partial charge on any atom is 0.249 e. The molecule has 2 aromatic rings. The van der Waals surface area contributed by atoms with E-state index in [0.29, 0.717) is 12.1 Å². The van der Waals surface area contributed by atoms with Gasteiger partial charge in [0.25, 0.3) is 0 Å². The van der Waals surface area contributed by atoms with Gasteiger partial charge in [0.1, 0.15) is 23.4 Å². The molecule has 0 radical (unpaired) electrons. The molecule has 1 aliphatic rings. The number of nitrogens with one attached hydrogen (secondary N) is 1. The van der Waals surface area contributed by atoms with Crippen molar-refractivity contribution in [2.24, 2.45) is 0 Å². The zero-order chi connectivity index (χ0) is 16.4. The van der Waals surface area contributed by atoms with E-state index in [4.69, 9.17) is 5.11 Å². The lowest BCUT2D eigenvalue weighted by Crippen LogP contribution is -2.34. The number of para-hydroxylation sites is 1. The molecule has 4 nitrogen and oxygen atoms in total. The molecule has 1 heterocycles. The third-order valence-electron chi connectivity index (χ3n) is 3.86. The quantitative estimate of drug-likeness (QED) is 0.911. The molecule has 6 heteroatoms. The van der Waals surface area contributed by atoms with Crippen LogP contribution in [0.5, 0.6) is 0 Å². The summed E-state index contributed by atoms with van der Waals surface area (Å²) in [7, 11) is 0. The van der Waals surface area contributed by atoms with Crippen LogP contribution in [0.4, 0.5) is 20.2 Å². The molecule has 0 aromatic heterocycles. The third kappa shape index (κ3) is 3.03. The van der Waals surface area contributed by atoms with Crippen LogP contribution in [0.3, 0.4) is 0 Å². The Morgan fingerprint density at radius 2 is 1.87 bits per heavy atom. The Balaban J connectivity index is 1.79. The predicted octanol–water partition coefficient (Wildman–Crippen LogP) is 2.67. The summed E-state index contributed by atoms with van der Waals surface area (Å²) < 4.78 is 27.7. The number of hydrogen-bond donors (Lipinski definition) is 2. The number of anilines is 2. The lowest BCUT2D eigenvalue weighted by molar-refractivity contribution is -0.117. The molecule has 1 aliphatic heterocycles. The number of rotatable bonds is 4. The van der Waals surface area contributed by atoms with Crippen LogP contribution in [0, 0.1) is 11.6 Å². The minimum Gasteiger partial charge on any atom is -0.392 e. The van der Waals surface area contributed by atoms with E-state index in [9.17, 15) is 13.6 Å². The molecule has 0 bridgehead atoms. The van der Waals surface area contributed by atoms with Crippen LogP contribution < -0.4 is 10.2 Å². The van der Waals surface area contributed by atoms with Crippen molar-refractivity contribution >= 4 is 17.3 Å². The van der Waals surface area contributed by atoms with Gasteiger partial charge in [-0.3, -0.25) is 4.79 Å². The van der Waals surface area contributed by atoms with Crippen molar-refractivity contribution in [2.75, 3.05) is 16.8 Å². The molecule has 1 atom stereocenters. The van der Waals surface area contributed by atoms with E-state index in [0.717, 1.165) is 22.6 Å². The Hall–Kier alpha value is -2.47. The minimum atomic E-state index is -0.749. The third-order valence-corrected chi connectivity index (χ3v) is 3.86. The van der Waals surface area contributed by atoms with Crippen molar-refractivity contribution in [3.63, 3.8) is 0 Å². The van der Waals surface area contributed by atoms with E-state index in [1.807, 2.05) is 0 Å². The Labute approximate surface area is 132 Å². The Morgan fingerprint density at radius 1 is 1.17 bits per heavy atom. The van der Waals surface area contributed by atoms with E-state index in [1.54, 1.807) is 24.3 Å². The van der Waals surface area contributed by atoms with Gasteiger partial charge in [-0.05, 0) is 36.2 Å². The average molecular weight is 318 g/mol. The highest BCUT2D eigenvalue weighted by Crippen LogP contribution is 2.28. The second kappa shape index (κ2) is 6.34. The molecule has 0 aliphatic carbocycles. The standard InChI is InChI=1S/C17H16F2N2O2/c18-13-5-2-6-14(19)16(13)21-8-7-15(17(21)23)20-12-4-1-3-11(9-12)10-22/h1-6,9,15,20,22H,7-8,10H2. The maximum absolute atomic E-state index is 13.8. The molecule has 23 heavy (non-hydrogen) atoms. The van der Waals surface area contributed by atoms with Crippen molar-refractivity contribution in [1.82, 2.24) is 0 Å². The summed E-state index contributed by atoms with van der Waals surface area (Å²) in [5, 5.41) is 12.2. The monoisotopic (exact) mass is 318 g/mol. The summed E-state index contributed by atoms with van der Waals surface area (Å²) in [5.74, 6) is -1.87. The van der Waals surface area contributed by atoms with Crippen LogP contribution in [-0.2, 0) is 11.4 Å². The first-order chi connectivity index (χ1) is 11.1. The number of benzene rings is 2. The second-order valence-corrected chi connectivity index (χ2v) is 5.40. The molecular formula is C17H16F2N2O2. The van der Waals surface area contributed by atoms with Crippen molar-refractivity contribution in [1.29, 1.82) is 0 Å². The van der Waals surface area contributed by atoms with Gasteiger partial charge in [-0.1, -0.05) is 18.2 Å². The van der Waals surface area contributed by atoms with Gasteiger partial charge in [0.2, 0.25) is 5.91 Å². The van der Waals surface area contributed by atoms with E-state index in [2.05, 4.69) is 5.32 Å². The molecule has 0 spiro atoms. The summed E-state index contributed by atoms with van der Waals surface area (Å²) in [6, 6.07) is 10.0. The molecule has 0 saturated carbocycles. The summed E-state index contributed by atoms with van der Waals surface area (Å²) in [6.07, 6.45) is 0.440. The van der Waals surface area contributed by atoms with Crippen molar-refractivity contribution in [3.05, 3.63) is 59.7 Å². The van der Waals surface area contributed by atoms with Gasteiger partial charge in [-0.2, -0.15) is 0 Å². The molecule has 1 saturated heterocycles. The van der Waals surface area contributed by atoms with Crippen LogP contribution in [0.25, 0.3) is 0 Å². The SMILES string of the molecule is O=C1C(Nc2cccc(CO)c2)CCN1c1c(F)cccc1F. The van der Waals surface area contributed by atoms with E-state index in [1.165, 1.54) is 6.07 Å². The normalized spacial score (nSPS) is 17.6. The number of nitrogens with zero attached hydrogens (tertiary/aromatic N) is 1. The number of carbonyl (C=O) groups excluding carboxylic acids is 1. The molecule has 2 aromatic carbocycles. The molecule has 1 fully saturated rings. The maximum atomic E-state index is 13.8. The lowest BCUT2D eigenvalue weighted by Gasteiger charge is -2.19. The Bertz CT molecular complexity index is 716. The highest BCUT2D eigenvalue weighted by Gasteiger charge is 2.35. The highest BCUT2D eigenvalue weighted by atomic mass is 19.1.